The molecule has 4 heteroatoms. The number of hydrogen-bond donors (Lipinski definition) is 1. The summed E-state index contributed by atoms with van der Waals surface area (Å²) in [5.41, 5.74) is 7.31. The molecule has 0 amide bonds. The molecule has 2 unspecified atom stereocenters. The van der Waals surface area contributed by atoms with E-state index >= 15 is 0 Å². The summed E-state index contributed by atoms with van der Waals surface area (Å²) in [4.78, 5) is 2.40. The van der Waals surface area contributed by atoms with Crippen molar-refractivity contribution in [3.8, 4) is 11.5 Å². The normalized spacial score (nSPS) is 27.4. The highest BCUT2D eigenvalue weighted by atomic mass is 16.6. The van der Waals surface area contributed by atoms with Crippen LogP contribution in [0.3, 0.4) is 0 Å². The molecule has 0 bridgehead atoms. The zero-order valence-electron chi connectivity index (χ0n) is 10.8. The Morgan fingerprint density at radius 1 is 1.22 bits per heavy atom. The van der Waals surface area contributed by atoms with Gasteiger partial charge in [-0.3, -0.25) is 4.90 Å². The molecular formula is C14H20N2O2. The van der Waals surface area contributed by atoms with E-state index in [2.05, 4.69) is 24.0 Å². The Morgan fingerprint density at radius 2 is 2.00 bits per heavy atom. The van der Waals surface area contributed by atoms with Gasteiger partial charge in [0.15, 0.2) is 11.5 Å². The summed E-state index contributed by atoms with van der Waals surface area (Å²) in [7, 11) is 0. The highest BCUT2D eigenvalue weighted by Gasteiger charge is 2.26. The number of rotatable bonds is 2. The van der Waals surface area contributed by atoms with Crippen molar-refractivity contribution in [1.82, 2.24) is 4.90 Å². The first kappa shape index (κ1) is 11.8. The summed E-state index contributed by atoms with van der Waals surface area (Å²) in [5.74, 6) is 2.31. The van der Waals surface area contributed by atoms with Crippen molar-refractivity contribution in [1.29, 1.82) is 0 Å². The van der Waals surface area contributed by atoms with Gasteiger partial charge in [-0.1, -0.05) is 13.0 Å². The Bertz CT molecular complexity index is 426. The van der Waals surface area contributed by atoms with Crippen molar-refractivity contribution in [3.05, 3.63) is 23.8 Å². The minimum atomic E-state index is 0.308. The maximum atomic E-state index is 6.05. The Balaban J connectivity index is 1.70. The van der Waals surface area contributed by atoms with Crippen LogP contribution >= 0.6 is 0 Å². The van der Waals surface area contributed by atoms with Gasteiger partial charge in [0.1, 0.15) is 13.2 Å². The molecule has 98 valence electrons. The van der Waals surface area contributed by atoms with E-state index in [-0.39, 0.29) is 0 Å². The number of benzene rings is 1. The minimum absolute atomic E-state index is 0.308. The Morgan fingerprint density at radius 3 is 2.72 bits per heavy atom. The SMILES string of the molecule is CC1CN(Cc2ccc3c(c2)OCCO3)CC1N. The summed E-state index contributed by atoms with van der Waals surface area (Å²) >= 11 is 0. The van der Waals surface area contributed by atoms with Crippen molar-refractivity contribution in [2.75, 3.05) is 26.3 Å². The molecule has 4 nitrogen and oxygen atoms in total. The predicted octanol–water partition coefficient (Wildman–Crippen LogP) is 1.24. The van der Waals surface area contributed by atoms with Crippen LogP contribution in [0.15, 0.2) is 18.2 Å². The highest BCUT2D eigenvalue weighted by Crippen LogP contribution is 2.31. The van der Waals surface area contributed by atoms with Crippen molar-refractivity contribution in [2.24, 2.45) is 11.7 Å². The molecule has 18 heavy (non-hydrogen) atoms. The average molecular weight is 248 g/mol. The first-order valence-corrected chi connectivity index (χ1v) is 6.59. The van der Waals surface area contributed by atoms with Gasteiger partial charge < -0.3 is 15.2 Å². The molecule has 3 rings (SSSR count). The van der Waals surface area contributed by atoms with Crippen molar-refractivity contribution in [2.45, 2.75) is 19.5 Å². The molecule has 2 N–H and O–H groups in total. The number of nitrogens with two attached hydrogens (primary N) is 1. The van der Waals surface area contributed by atoms with Gasteiger partial charge in [-0.2, -0.15) is 0 Å². The third-order valence-electron chi connectivity index (χ3n) is 3.76. The summed E-state index contributed by atoms with van der Waals surface area (Å²) in [6.07, 6.45) is 0. The largest absolute Gasteiger partial charge is 0.486 e. The van der Waals surface area contributed by atoms with Gasteiger partial charge in [0, 0.05) is 25.7 Å². The zero-order chi connectivity index (χ0) is 12.5. The van der Waals surface area contributed by atoms with Crippen molar-refractivity contribution >= 4 is 0 Å². The second-order valence-electron chi connectivity index (χ2n) is 5.31. The summed E-state index contributed by atoms with van der Waals surface area (Å²) in [6.45, 7) is 6.50. The number of ether oxygens (including phenoxy) is 2. The van der Waals surface area contributed by atoms with Crippen molar-refractivity contribution < 1.29 is 9.47 Å². The van der Waals surface area contributed by atoms with Gasteiger partial charge in [-0.05, 0) is 23.6 Å². The maximum absolute atomic E-state index is 6.05. The molecule has 0 saturated carbocycles. The van der Waals surface area contributed by atoms with E-state index in [1.165, 1.54) is 5.56 Å². The van der Waals surface area contributed by atoms with Gasteiger partial charge in [-0.25, -0.2) is 0 Å². The Kier molecular flexibility index (Phi) is 3.14. The monoisotopic (exact) mass is 248 g/mol. The lowest BCUT2D eigenvalue weighted by molar-refractivity contribution is 0.171. The van der Waals surface area contributed by atoms with Crippen LogP contribution in [0.2, 0.25) is 0 Å². The molecule has 0 radical (unpaired) electrons. The fourth-order valence-corrected chi connectivity index (χ4v) is 2.67. The smallest absolute Gasteiger partial charge is 0.161 e. The lowest BCUT2D eigenvalue weighted by Crippen LogP contribution is -2.28. The van der Waals surface area contributed by atoms with Gasteiger partial charge >= 0.3 is 0 Å². The van der Waals surface area contributed by atoms with Crippen LogP contribution in [0.1, 0.15) is 12.5 Å². The first-order valence-electron chi connectivity index (χ1n) is 6.59. The highest BCUT2D eigenvalue weighted by molar-refractivity contribution is 5.43. The van der Waals surface area contributed by atoms with Crippen LogP contribution in [-0.4, -0.2) is 37.2 Å². The third kappa shape index (κ3) is 2.31. The zero-order valence-corrected chi connectivity index (χ0v) is 10.8. The molecule has 0 aromatic heterocycles. The van der Waals surface area contributed by atoms with Crippen LogP contribution < -0.4 is 15.2 Å². The topological polar surface area (TPSA) is 47.7 Å². The molecule has 2 aliphatic rings. The summed E-state index contributed by atoms with van der Waals surface area (Å²) in [6, 6.07) is 6.51. The van der Waals surface area contributed by atoms with Gasteiger partial charge in [-0.15, -0.1) is 0 Å². The third-order valence-corrected chi connectivity index (χ3v) is 3.76. The van der Waals surface area contributed by atoms with E-state index < -0.39 is 0 Å². The van der Waals surface area contributed by atoms with E-state index in [9.17, 15) is 0 Å². The molecule has 1 aromatic carbocycles. The first-order chi connectivity index (χ1) is 8.72. The number of nitrogens with zero attached hydrogens (tertiary/aromatic N) is 1. The quantitative estimate of drug-likeness (QED) is 0.855. The fourth-order valence-electron chi connectivity index (χ4n) is 2.67. The van der Waals surface area contributed by atoms with Crippen LogP contribution in [-0.2, 0) is 6.54 Å². The van der Waals surface area contributed by atoms with Gasteiger partial charge in [0.05, 0.1) is 0 Å². The Hall–Kier alpha value is -1.26. The molecule has 2 aliphatic heterocycles. The van der Waals surface area contributed by atoms with Crippen LogP contribution in [0, 0.1) is 5.92 Å². The van der Waals surface area contributed by atoms with Crippen LogP contribution in [0.5, 0.6) is 11.5 Å². The lowest BCUT2D eigenvalue weighted by atomic mass is 10.1. The van der Waals surface area contributed by atoms with Crippen LogP contribution in [0.4, 0.5) is 0 Å². The number of likely N-dealkylation sites (tertiary alicyclic amines) is 1. The molecule has 0 aliphatic carbocycles. The maximum Gasteiger partial charge on any atom is 0.161 e. The van der Waals surface area contributed by atoms with E-state index in [1.807, 2.05) is 6.07 Å². The minimum Gasteiger partial charge on any atom is -0.486 e. The molecule has 1 fully saturated rings. The number of hydrogen-bond acceptors (Lipinski definition) is 4. The molecule has 1 aromatic rings. The van der Waals surface area contributed by atoms with Gasteiger partial charge in [0.2, 0.25) is 0 Å². The Labute approximate surface area is 108 Å². The standard InChI is InChI=1S/C14H20N2O2/c1-10-7-16(9-12(10)15)8-11-2-3-13-14(6-11)18-5-4-17-13/h2-3,6,10,12H,4-5,7-9,15H2,1H3. The van der Waals surface area contributed by atoms with E-state index in [0.717, 1.165) is 31.1 Å². The lowest BCUT2D eigenvalue weighted by Gasteiger charge is -2.20. The predicted molar refractivity (Wildman–Crippen MR) is 69.8 cm³/mol. The molecule has 0 spiro atoms. The van der Waals surface area contributed by atoms with Crippen molar-refractivity contribution in [3.63, 3.8) is 0 Å². The second-order valence-corrected chi connectivity index (χ2v) is 5.31. The van der Waals surface area contributed by atoms with E-state index in [0.29, 0.717) is 25.2 Å². The van der Waals surface area contributed by atoms with Gasteiger partial charge in [0.25, 0.3) is 0 Å². The molecule has 2 atom stereocenters. The molecule has 2 heterocycles. The molecular weight excluding hydrogens is 228 g/mol. The van der Waals surface area contributed by atoms with E-state index in [1.54, 1.807) is 0 Å². The fraction of sp³-hybridized carbons (Fsp3) is 0.571. The van der Waals surface area contributed by atoms with Crippen LogP contribution in [0.25, 0.3) is 0 Å². The molecule has 1 saturated heterocycles. The second kappa shape index (κ2) is 4.78. The summed E-state index contributed by atoms with van der Waals surface area (Å²) < 4.78 is 11.1. The summed E-state index contributed by atoms with van der Waals surface area (Å²) in [5, 5.41) is 0. The van der Waals surface area contributed by atoms with E-state index in [4.69, 9.17) is 15.2 Å². The number of fused-ring (bicyclic) bond motifs is 1. The average Bonchev–Trinajstić information content (AvgIpc) is 2.68.